The Morgan fingerprint density at radius 3 is 2.59 bits per heavy atom. The Kier molecular flexibility index (Phi) is 7.36. The van der Waals surface area contributed by atoms with Gasteiger partial charge in [0.25, 0.3) is 5.91 Å². The van der Waals surface area contributed by atoms with Crippen molar-refractivity contribution in [1.82, 2.24) is 9.21 Å². The van der Waals surface area contributed by atoms with Crippen molar-refractivity contribution in [3.8, 4) is 0 Å². The Morgan fingerprint density at radius 1 is 1.33 bits per heavy atom. The van der Waals surface area contributed by atoms with Gasteiger partial charge in [0.05, 0.1) is 29.7 Å². The van der Waals surface area contributed by atoms with Crippen LogP contribution in [0.1, 0.15) is 44.5 Å². The average molecular weight is 401 g/mol. The summed E-state index contributed by atoms with van der Waals surface area (Å²) in [5, 5.41) is 0. The van der Waals surface area contributed by atoms with E-state index in [1.165, 1.54) is 10.4 Å². The molecule has 1 heterocycles. The van der Waals surface area contributed by atoms with Crippen LogP contribution in [0.5, 0.6) is 0 Å². The van der Waals surface area contributed by atoms with E-state index < -0.39 is 21.7 Å². The van der Waals surface area contributed by atoms with Gasteiger partial charge in [0.15, 0.2) is 0 Å². The number of carbonyl (C=O) groups is 1. The molecular formula is C19H29FN2O4S. The smallest absolute Gasteiger partial charge is 0.257 e. The summed E-state index contributed by atoms with van der Waals surface area (Å²) >= 11 is 0. The molecule has 27 heavy (non-hydrogen) atoms. The monoisotopic (exact) mass is 400 g/mol. The van der Waals surface area contributed by atoms with E-state index in [-0.39, 0.29) is 16.5 Å². The van der Waals surface area contributed by atoms with Crippen LogP contribution in [-0.2, 0) is 14.8 Å². The van der Waals surface area contributed by atoms with Crippen molar-refractivity contribution in [2.24, 2.45) is 5.92 Å². The van der Waals surface area contributed by atoms with Crippen LogP contribution in [0.4, 0.5) is 4.39 Å². The van der Waals surface area contributed by atoms with Crippen LogP contribution >= 0.6 is 0 Å². The molecule has 1 saturated heterocycles. The van der Waals surface area contributed by atoms with E-state index in [4.69, 9.17) is 4.74 Å². The molecule has 8 heteroatoms. The fourth-order valence-corrected chi connectivity index (χ4v) is 4.84. The molecule has 1 aliphatic rings. The summed E-state index contributed by atoms with van der Waals surface area (Å²) in [6, 6.07) is 3.29. The number of halogens is 1. The van der Waals surface area contributed by atoms with Crippen molar-refractivity contribution < 1.29 is 22.3 Å². The van der Waals surface area contributed by atoms with Crippen LogP contribution in [0.15, 0.2) is 23.1 Å². The first-order valence-corrected chi connectivity index (χ1v) is 10.8. The van der Waals surface area contributed by atoms with Crippen molar-refractivity contribution in [3.05, 3.63) is 29.6 Å². The second kappa shape index (κ2) is 9.12. The molecule has 0 N–H and O–H groups in total. The molecule has 1 fully saturated rings. The van der Waals surface area contributed by atoms with E-state index in [0.29, 0.717) is 38.8 Å². The predicted octanol–water partition coefficient (Wildman–Crippen LogP) is 2.74. The zero-order chi connectivity index (χ0) is 20.2. The fraction of sp³-hybridized carbons (Fsp3) is 0.632. The largest absolute Gasteiger partial charge is 0.377 e. The molecule has 152 valence electrons. The molecule has 1 aliphatic heterocycles. The SMILES string of the molecule is CCN(CC)S(=O)(=O)c1ccc(F)c(C(=O)N2CCOCC2CC(C)C)c1. The van der Waals surface area contributed by atoms with Crippen molar-refractivity contribution in [2.45, 2.75) is 45.1 Å². The number of hydrogen-bond donors (Lipinski definition) is 0. The molecule has 6 nitrogen and oxygen atoms in total. The fourth-order valence-electron chi connectivity index (χ4n) is 3.36. The van der Waals surface area contributed by atoms with Crippen molar-refractivity contribution >= 4 is 15.9 Å². The molecule has 1 atom stereocenters. The molecule has 1 aromatic carbocycles. The van der Waals surface area contributed by atoms with Gasteiger partial charge in [-0.15, -0.1) is 0 Å². The summed E-state index contributed by atoms with van der Waals surface area (Å²) in [6.07, 6.45) is 0.741. The van der Waals surface area contributed by atoms with Crippen LogP contribution < -0.4 is 0 Å². The summed E-state index contributed by atoms with van der Waals surface area (Å²) in [6.45, 7) is 9.34. The van der Waals surface area contributed by atoms with Gasteiger partial charge in [0.1, 0.15) is 5.82 Å². The van der Waals surface area contributed by atoms with Crippen LogP contribution in [0.2, 0.25) is 0 Å². The summed E-state index contributed by atoms with van der Waals surface area (Å²) < 4.78 is 46.6. The highest BCUT2D eigenvalue weighted by Gasteiger charge is 2.31. The van der Waals surface area contributed by atoms with Crippen LogP contribution in [0.3, 0.4) is 0 Å². The second-order valence-electron chi connectivity index (χ2n) is 7.09. The summed E-state index contributed by atoms with van der Waals surface area (Å²) in [7, 11) is -3.77. The molecule has 0 aromatic heterocycles. The van der Waals surface area contributed by atoms with E-state index in [1.54, 1.807) is 18.7 Å². The molecule has 0 saturated carbocycles. The molecule has 0 aliphatic carbocycles. The molecule has 0 radical (unpaired) electrons. The zero-order valence-electron chi connectivity index (χ0n) is 16.4. The lowest BCUT2D eigenvalue weighted by molar-refractivity contribution is -0.00770. The van der Waals surface area contributed by atoms with Crippen LogP contribution in [-0.4, -0.2) is 62.4 Å². The minimum Gasteiger partial charge on any atom is -0.377 e. The van der Waals surface area contributed by atoms with E-state index >= 15 is 0 Å². The average Bonchev–Trinajstić information content (AvgIpc) is 2.62. The third kappa shape index (κ3) is 4.86. The molecular weight excluding hydrogens is 371 g/mol. The lowest BCUT2D eigenvalue weighted by Crippen LogP contribution is -2.49. The van der Waals surface area contributed by atoms with Gasteiger partial charge >= 0.3 is 0 Å². The molecule has 0 spiro atoms. The number of morpholine rings is 1. The lowest BCUT2D eigenvalue weighted by Gasteiger charge is -2.36. The first-order chi connectivity index (χ1) is 12.7. The third-order valence-corrected chi connectivity index (χ3v) is 6.79. The standard InChI is InChI=1S/C19H29FN2O4S/c1-5-21(6-2)27(24,25)16-7-8-18(20)17(12-16)19(23)22-9-10-26-13-15(22)11-14(3)4/h7-8,12,14-15H,5-6,9-11,13H2,1-4H3. The highest BCUT2D eigenvalue weighted by Crippen LogP contribution is 2.23. The number of ether oxygens (including phenoxy) is 1. The maximum atomic E-state index is 14.4. The molecule has 2 rings (SSSR count). The van der Waals surface area contributed by atoms with Gasteiger partial charge in [-0.1, -0.05) is 27.7 Å². The first kappa shape index (κ1) is 21.8. The second-order valence-corrected chi connectivity index (χ2v) is 9.03. The van der Waals surface area contributed by atoms with E-state index in [1.807, 2.05) is 0 Å². The summed E-state index contributed by atoms with van der Waals surface area (Å²) in [5.41, 5.74) is -0.209. The Hall–Kier alpha value is -1.51. The summed E-state index contributed by atoms with van der Waals surface area (Å²) in [4.78, 5) is 14.6. The Bertz CT molecular complexity index is 763. The van der Waals surface area contributed by atoms with Gasteiger partial charge in [-0.3, -0.25) is 4.79 Å². The van der Waals surface area contributed by atoms with Crippen molar-refractivity contribution in [2.75, 3.05) is 32.8 Å². The number of sulfonamides is 1. The number of benzene rings is 1. The van der Waals surface area contributed by atoms with Gasteiger partial charge in [-0.05, 0) is 30.5 Å². The van der Waals surface area contributed by atoms with Crippen LogP contribution in [0.25, 0.3) is 0 Å². The molecule has 1 unspecified atom stereocenters. The topological polar surface area (TPSA) is 66.9 Å². The molecule has 0 bridgehead atoms. The Morgan fingerprint density at radius 2 is 2.00 bits per heavy atom. The number of hydrogen-bond acceptors (Lipinski definition) is 4. The highest BCUT2D eigenvalue weighted by atomic mass is 32.2. The normalized spacial score (nSPS) is 18.3. The first-order valence-electron chi connectivity index (χ1n) is 9.40. The quantitative estimate of drug-likeness (QED) is 0.706. The lowest BCUT2D eigenvalue weighted by atomic mass is 10.0. The minimum atomic E-state index is -3.77. The third-order valence-electron chi connectivity index (χ3n) is 4.74. The van der Waals surface area contributed by atoms with Crippen molar-refractivity contribution in [1.29, 1.82) is 0 Å². The number of nitrogens with zero attached hydrogens (tertiary/aromatic N) is 2. The maximum absolute atomic E-state index is 14.4. The highest BCUT2D eigenvalue weighted by molar-refractivity contribution is 7.89. The zero-order valence-corrected chi connectivity index (χ0v) is 17.3. The van der Waals surface area contributed by atoms with Crippen molar-refractivity contribution in [3.63, 3.8) is 0 Å². The van der Waals surface area contributed by atoms with Gasteiger partial charge in [0, 0.05) is 19.6 Å². The molecule has 1 amide bonds. The van der Waals surface area contributed by atoms with Gasteiger partial charge < -0.3 is 9.64 Å². The summed E-state index contributed by atoms with van der Waals surface area (Å²) in [5.74, 6) is -0.849. The predicted molar refractivity (Wildman–Crippen MR) is 102 cm³/mol. The van der Waals surface area contributed by atoms with Crippen LogP contribution in [0, 0.1) is 11.7 Å². The minimum absolute atomic E-state index is 0.0652. The number of amides is 1. The van der Waals surface area contributed by atoms with E-state index in [2.05, 4.69) is 13.8 Å². The Labute approximate surface area is 161 Å². The number of carbonyl (C=O) groups excluding carboxylic acids is 1. The van der Waals surface area contributed by atoms with Gasteiger partial charge in [-0.2, -0.15) is 4.31 Å². The Balaban J connectivity index is 2.38. The number of rotatable bonds is 7. The maximum Gasteiger partial charge on any atom is 0.257 e. The van der Waals surface area contributed by atoms with E-state index in [0.717, 1.165) is 18.6 Å². The van der Waals surface area contributed by atoms with Gasteiger partial charge in [0.2, 0.25) is 10.0 Å². The molecule has 1 aromatic rings. The van der Waals surface area contributed by atoms with E-state index in [9.17, 15) is 17.6 Å². The van der Waals surface area contributed by atoms with Gasteiger partial charge in [-0.25, -0.2) is 12.8 Å².